The minimum Gasteiger partial charge on any atom is -0.508 e. The molecule has 21 heavy (non-hydrogen) atoms. The highest BCUT2D eigenvalue weighted by molar-refractivity contribution is 14.1. The summed E-state index contributed by atoms with van der Waals surface area (Å²) in [6.45, 7) is 0. The van der Waals surface area contributed by atoms with Crippen LogP contribution in [-0.4, -0.2) is 17.1 Å². The zero-order valence-electron chi connectivity index (χ0n) is 11.0. The third-order valence-corrected chi connectivity index (χ3v) is 4.05. The van der Waals surface area contributed by atoms with Crippen molar-refractivity contribution in [2.45, 2.75) is 12.5 Å². The van der Waals surface area contributed by atoms with Crippen LogP contribution in [0.3, 0.4) is 0 Å². The number of carbonyl (C=O) groups excluding carboxylic acids is 1. The number of halogens is 2. The van der Waals surface area contributed by atoms with Gasteiger partial charge in [0.25, 0.3) is 0 Å². The molecule has 0 heterocycles. The average molecular weight is 417 g/mol. The van der Waals surface area contributed by atoms with Crippen molar-refractivity contribution < 1.29 is 9.90 Å². The molecule has 0 aliphatic carbocycles. The van der Waals surface area contributed by atoms with Crippen molar-refractivity contribution >= 4 is 45.8 Å². The quantitative estimate of drug-likeness (QED) is 0.670. The lowest BCUT2D eigenvalue weighted by Crippen LogP contribution is -2.37. The van der Waals surface area contributed by atoms with Gasteiger partial charge < -0.3 is 16.2 Å². The highest BCUT2D eigenvalue weighted by Gasteiger charge is 2.15. The summed E-state index contributed by atoms with van der Waals surface area (Å²) in [6, 6.07) is 11.2. The van der Waals surface area contributed by atoms with E-state index in [0.29, 0.717) is 17.1 Å². The Kier molecular flexibility index (Phi) is 5.44. The zero-order valence-corrected chi connectivity index (χ0v) is 13.9. The third kappa shape index (κ3) is 4.59. The first kappa shape index (κ1) is 16.1. The van der Waals surface area contributed by atoms with Gasteiger partial charge in [0.05, 0.1) is 11.7 Å². The second-order valence-electron chi connectivity index (χ2n) is 4.59. The van der Waals surface area contributed by atoms with Crippen molar-refractivity contribution in [3.8, 4) is 5.75 Å². The van der Waals surface area contributed by atoms with E-state index in [9.17, 15) is 9.90 Å². The molecular formula is C15H14ClIN2O2. The maximum absolute atomic E-state index is 12.1. The fourth-order valence-corrected chi connectivity index (χ4v) is 2.80. The number of rotatable bonds is 4. The zero-order chi connectivity index (χ0) is 15.4. The molecule has 110 valence electrons. The standard InChI is InChI=1S/C15H14ClIN2O2/c16-10-3-6-14(12(17)8-10)19-15(21)13(18)7-9-1-4-11(20)5-2-9/h1-6,8,13,20H,7,18H2,(H,19,21)/t13-/m0/s1. The van der Waals surface area contributed by atoms with E-state index in [1.807, 2.05) is 0 Å². The fraction of sp³-hybridized carbons (Fsp3) is 0.133. The first-order valence-corrected chi connectivity index (χ1v) is 7.71. The van der Waals surface area contributed by atoms with Crippen LogP contribution in [0.25, 0.3) is 0 Å². The van der Waals surface area contributed by atoms with E-state index in [0.717, 1.165) is 9.13 Å². The topological polar surface area (TPSA) is 75.3 Å². The Morgan fingerprint density at radius 2 is 1.95 bits per heavy atom. The molecule has 2 aromatic carbocycles. The summed E-state index contributed by atoms with van der Waals surface area (Å²) in [6.07, 6.45) is 0.399. The molecule has 0 bridgehead atoms. The fourth-order valence-electron chi connectivity index (χ4n) is 1.79. The molecular weight excluding hydrogens is 403 g/mol. The monoisotopic (exact) mass is 416 g/mol. The van der Waals surface area contributed by atoms with Gasteiger partial charge in [-0.1, -0.05) is 23.7 Å². The second-order valence-corrected chi connectivity index (χ2v) is 6.19. The number of nitrogens with two attached hydrogens (primary N) is 1. The molecule has 1 amide bonds. The molecule has 0 unspecified atom stereocenters. The average Bonchev–Trinajstić information content (AvgIpc) is 2.44. The van der Waals surface area contributed by atoms with E-state index in [-0.39, 0.29) is 11.7 Å². The molecule has 2 rings (SSSR count). The smallest absolute Gasteiger partial charge is 0.241 e. The van der Waals surface area contributed by atoms with Crippen molar-refractivity contribution in [1.82, 2.24) is 0 Å². The number of anilines is 1. The van der Waals surface area contributed by atoms with Gasteiger partial charge in [-0.2, -0.15) is 0 Å². The van der Waals surface area contributed by atoms with Gasteiger partial charge >= 0.3 is 0 Å². The summed E-state index contributed by atoms with van der Waals surface area (Å²) in [5.74, 6) is -0.0733. The molecule has 2 aromatic rings. The van der Waals surface area contributed by atoms with E-state index >= 15 is 0 Å². The predicted molar refractivity (Wildman–Crippen MR) is 92.6 cm³/mol. The van der Waals surface area contributed by atoms with E-state index in [4.69, 9.17) is 17.3 Å². The lowest BCUT2D eigenvalue weighted by Gasteiger charge is -2.13. The van der Waals surface area contributed by atoms with Gasteiger partial charge in [-0.25, -0.2) is 0 Å². The highest BCUT2D eigenvalue weighted by Crippen LogP contribution is 2.22. The molecule has 4 nitrogen and oxygen atoms in total. The molecule has 4 N–H and O–H groups in total. The summed E-state index contributed by atoms with van der Waals surface area (Å²) in [5, 5.41) is 12.6. The van der Waals surface area contributed by atoms with Gasteiger partial charge in [-0.3, -0.25) is 4.79 Å². The number of hydrogen-bond acceptors (Lipinski definition) is 3. The highest BCUT2D eigenvalue weighted by atomic mass is 127. The van der Waals surface area contributed by atoms with Crippen LogP contribution in [0.15, 0.2) is 42.5 Å². The third-order valence-electron chi connectivity index (χ3n) is 2.92. The van der Waals surface area contributed by atoms with Crippen molar-refractivity contribution in [3.63, 3.8) is 0 Å². The van der Waals surface area contributed by atoms with E-state index in [1.54, 1.807) is 42.5 Å². The van der Waals surface area contributed by atoms with Crippen LogP contribution in [0.1, 0.15) is 5.56 Å². The second kappa shape index (κ2) is 7.11. The molecule has 0 fully saturated rings. The Hall–Kier alpha value is -1.31. The number of hydrogen-bond donors (Lipinski definition) is 3. The normalized spacial score (nSPS) is 12.0. The van der Waals surface area contributed by atoms with Crippen LogP contribution in [0, 0.1) is 3.57 Å². The minimum absolute atomic E-state index is 0.187. The molecule has 0 saturated carbocycles. The molecule has 0 radical (unpaired) electrons. The predicted octanol–water partition coefficient (Wildman–Crippen LogP) is 3.16. The summed E-state index contributed by atoms with van der Waals surface area (Å²) >= 11 is 7.98. The SMILES string of the molecule is N[C@@H](Cc1ccc(O)cc1)C(=O)Nc1ccc(Cl)cc1I. The van der Waals surface area contributed by atoms with Gasteiger partial charge in [0, 0.05) is 8.59 Å². The molecule has 0 aromatic heterocycles. The van der Waals surface area contributed by atoms with Crippen molar-refractivity contribution in [1.29, 1.82) is 0 Å². The van der Waals surface area contributed by atoms with E-state index in [2.05, 4.69) is 27.9 Å². The molecule has 0 saturated heterocycles. The largest absolute Gasteiger partial charge is 0.508 e. The van der Waals surface area contributed by atoms with Gasteiger partial charge in [0.2, 0.25) is 5.91 Å². The number of nitrogens with one attached hydrogen (secondary N) is 1. The van der Waals surface area contributed by atoms with Crippen molar-refractivity contribution in [2.24, 2.45) is 5.73 Å². The summed E-state index contributed by atoms with van der Waals surface area (Å²) in [4.78, 5) is 12.1. The number of aromatic hydroxyl groups is 1. The van der Waals surface area contributed by atoms with Crippen LogP contribution >= 0.6 is 34.2 Å². The summed E-state index contributed by atoms with van der Waals surface area (Å²) in [7, 11) is 0. The Labute approximate surface area is 141 Å². The summed E-state index contributed by atoms with van der Waals surface area (Å²) < 4.78 is 0.852. The van der Waals surface area contributed by atoms with Gasteiger partial charge in [0.1, 0.15) is 5.75 Å². The van der Waals surface area contributed by atoms with Crippen LogP contribution in [0.2, 0.25) is 5.02 Å². The Balaban J connectivity index is 2.00. The lowest BCUT2D eigenvalue weighted by molar-refractivity contribution is -0.117. The number of carbonyl (C=O) groups is 1. The number of amides is 1. The van der Waals surface area contributed by atoms with E-state index in [1.165, 1.54) is 0 Å². The van der Waals surface area contributed by atoms with Gasteiger partial charge in [-0.05, 0) is 64.9 Å². The molecule has 0 aliphatic heterocycles. The maximum atomic E-state index is 12.1. The van der Waals surface area contributed by atoms with Crippen molar-refractivity contribution in [3.05, 3.63) is 56.6 Å². The van der Waals surface area contributed by atoms with Crippen LogP contribution < -0.4 is 11.1 Å². The number of phenolic OH excluding ortho intramolecular Hbond substituents is 1. The molecule has 0 aliphatic rings. The van der Waals surface area contributed by atoms with E-state index < -0.39 is 6.04 Å². The number of phenols is 1. The molecule has 1 atom stereocenters. The molecule has 0 spiro atoms. The Morgan fingerprint density at radius 3 is 2.57 bits per heavy atom. The van der Waals surface area contributed by atoms with Crippen LogP contribution in [-0.2, 0) is 11.2 Å². The first-order valence-electron chi connectivity index (χ1n) is 6.25. The Bertz CT molecular complexity index is 647. The Morgan fingerprint density at radius 1 is 1.29 bits per heavy atom. The first-order chi connectivity index (χ1) is 9.95. The van der Waals surface area contributed by atoms with Crippen LogP contribution in [0.4, 0.5) is 5.69 Å². The van der Waals surface area contributed by atoms with Gasteiger partial charge in [0.15, 0.2) is 0 Å². The van der Waals surface area contributed by atoms with Crippen LogP contribution in [0.5, 0.6) is 5.75 Å². The van der Waals surface area contributed by atoms with Gasteiger partial charge in [-0.15, -0.1) is 0 Å². The summed E-state index contributed by atoms with van der Waals surface area (Å²) in [5.41, 5.74) is 7.49. The lowest BCUT2D eigenvalue weighted by atomic mass is 10.1. The number of benzene rings is 2. The molecule has 6 heteroatoms. The maximum Gasteiger partial charge on any atom is 0.241 e. The van der Waals surface area contributed by atoms with Crippen molar-refractivity contribution in [2.75, 3.05) is 5.32 Å². The minimum atomic E-state index is -0.666.